The van der Waals surface area contributed by atoms with Gasteiger partial charge < -0.3 is 24.5 Å². The summed E-state index contributed by atoms with van der Waals surface area (Å²) in [4.78, 5) is 47.8. The number of ether oxygens (including phenoxy) is 1. The first kappa shape index (κ1) is 27.6. The lowest BCUT2D eigenvalue weighted by Crippen LogP contribution is -2.55. The molecule has 1 unspecified atom stereocenters. The third-order valence-corrected chi connectivity index (χ3v) is 8.65. The highest BCUT2D eigenvalue weighted by molar-refractivity contribution is 6.03. The smallest absolute Gasteiger partial charge is 0.249 e. The first-order chi connectivity index (χ1) is 19.0. The van der Waals surface area contributed by atoms with E-state index in [0.717, 1.165) is 50.6 Å². The molecule has 5 atom stereocenters. The van der Waals surface area contributed by atoms with Crippen LogP contribution in [0.2, 0.25) is 0 Å². The zero-order valence-corrected chi connectivity index (χ0v) is 22.9. The first-order valence-electron chi connectivity index (χ1n) is 14.6. The number of amides is 3. The summed E-state index contributed by atoms with van der Waals surface area (Å²) in [5.41, 5.74) is -0.389. The highest BCUT2D eigenvalue weighted by Gasteiger charge is 2.71. The van der Waals surface area contributed by atoms with Crippen molar-refractivity contribution in [2.75, 3.05) is 37.7 Å². The summed E-state index contributed by atoms with van der Waals surface area (Å²) < 4.78 is 6.72. The average Bonchev–Trinajstić information content (AvgIpc) is 3.25. The standard InChI is InChI=1S/C31H41N3O5/c1-2-3-9-18-32-19-13-17-31-26(29(37)34(27(31)30(32)38)20-10-4-5-11-22-35)25-24(39-31)16-12-21-33(28(25)36)23-14-7-6-8-15-23/h6-8,12-17,24-27,35H,2-5,9-11,18-22H2,1H3/t24-,25+,26-,27?,31-/m0/s1. The molecule has 0 saturated carbocycles. The van der Waals surface area contributed by atoms with Crippen molar-refractivity contribution < 1.29 is 24.2 Å². The van der Waals surface area contributed by atoms with Crippen molar-refractivity contribution in [3.05, 3.63) is 54.6 Å². The molecule has 2 fully saturated rings. The fourth-order valence-corrected chi connectivity index (χ4v) is 6.76. The van der Waals surface area contributed by atoms with Crippen molar-refractivity contribution in [1.29, 1.82) is 0 Å². The van der Waals surface area contributed by atoms with Gasteiger partial charge in [-0.25, -0.2) is 0 Å². The monoisotopic (exact) mass is 535 g/mol. The Hall–Kier alpha value is -2.97. The summed E-state index contributed by atoms with van der Waals surface area (Å²) in [5, 5.41) is 9.15. The molecule has 4 heterocycles. The molecule has 1 aromatic rings. The number of carbonyl (C=O) groups excluding carboxylic acids is 3. The summed E-state index contributed by atoms with van der Waals surface area (Å²) >= 11 is 0. The highest BCUT2D eigenvalue weighted by atomic mass is 16.5. The largest absolute Gasteiger partial charge is 0.396 e. The van der Waals surface area contributed by atoms with Crippen LogP contribution in [0.3, 0.4) is 0 Å². The molecule has 8 nitrogen and oxygen atoms in total. The molecule has 3 amide bonds. The lowest BCUT2D eigenvalue weighted by atomic mass is 9.77. The van der Waals surface area contributed by atoms with Crippen LogP contribution in [0.4, 0.5) is 5.69 Å². The third-order valence-electron chi connectivity index (χ3n) is 8.65. The second-order valence-corrected chi connectivity index (χ2v) is 11.1. The molecule has 1 aromatic carbocycles. The Kier molecular flexibility index (Phi) is 8.52. The van der Waals surface area contributed by atoms with E-state index in [4.69, 9.17) is 9.84 Å². The molecular weight excluding hydrogens is 494 g/mol. The number of aliphatic hydroxyl groups is 1. The minimum atomic E-state index is -1.17. The first-order valence-corrected chi connectivity index (χ1v) is 14.6. The fourth-order valence-electron chi connectivity index (χ4n) is 6.76. The summed E-state index contributed by atoms with van der Waals surface area (Å²) in [6.45, 7) is 4.24. The van der Waals surface area contributed by atoms with E-state index in [9.17, 15) is 14.4 Å². The van der Waals surface area contributed by atoms with Gasteiger partial charge in [-0.05, 0) is 31.4 Å². The predicted octanol–water partition coefficient (Wildman–Crippen LogP) is 3.31. The number of hydrogen-bond donors (Lipinski definition) is 1. The minimum absolute atomic E-state index is 0.0879. The molecule has 2 saturated heterocycles. The normalized spacial score (nSPS) is 29.9. The van der Waals surface area contributed by atoms with Crippen molar-refractivity contribution in [1.82, 2.24) is 9.80 Å². The Morgan fingerprint density at radius 1 is 0.897 bits per heavy atom. The summed E-state index contributed by atoms with van der Waals surface area (Å²) in [6, 6.07) is 8.73. The molecular formula is C31H41N3O5. The molecule has 4 aliphatic heterocycles. The quantitative estimate of drug-likeness (QED) is 0.347. The van der Waals surface area contributed by atoms with Crippen LogP contribution < -0.4 is 4.90 Å². The maximum absolute atomic E-state index is 14.3. The number of aliphatic hydroxyl groups excluding tert-OH is 1. The number of nitrogens with zero attached hydrogens (tertiary/aromatic N) is 3. The maximum Gasteiger partial charge on any atom is 0.249 e. The van der Waals surface area contributed by atoms with Gasteiger partial charge in [0.15, 0.2) is 0 Å². The van der Waals surface area contributed by atoms with Crippen LogP contribution >= 0.6 is 0 Å². The molecule has 0 radical (unpaired) electrons. The number of unbranched alkanes of at least 4 members (excludes halogenated alkanes) is 5. The Morgan fingerprint density at radius 2 is 1.67 bits per heavy atom. The molecule has 0 aromatic heterocycles. The Morgan fingerprint density at radius 3 is 2.44 bits per heavy atom. The van der Waals surface area contributed by atoms with E-state index in [1.807, 2.05) is 59.5 Å². The van der Waals surface area contributed by atoms with Gasteiger partial charge in [-0.2, -0.15) is 0 Å². The summed E-state index contributed by atoms with van der Waals surface area (Å²) in [7, 11) is 0. The highest BCUT2D eigenvalue weighted by Crippen LogP contribution is 2.53. The average molecular weight is 536 g/mol. The van der Waals surface area contributed by atoms with E-state index >= 15 is 0 Å². The second-order valence-electron chi connectivity index (χ2n) is 11.1. The van der Waals surface area contributed by atoms with Crippen molar-refractivity contribution in [3.8, 4) is 0 Å². The number of benzene rings is 1. The van der Waals surface area contributed by atoms with Gasteiger partial charge in [0.2, 0.25) is 17.7 Å². The predicted molar refractivity (Wildman–Crippen MR) is 149 cm³/mol. The Bertz CT molecular complexity index is 1100. The number of rotatable bonds is 11. The number of likely N-dealkylation sites (tertiary alicyclic amines) is 1. The number of anilines is 1. The van der Waals surface area contributed by atoms with Gasteiger partial charge in [0.25, 0.3) is 0 Å². The van der Waals surface area contributed by atoms with E-state index < -0.39 is 29.6 Å². The van der Waals surface area contributed by atoms with Gasteiger partial charge in [-0.15, -0.1) is 0 Å². The van der Waals surface area contributed by atoms with Gasteiger partial charge in [-0.1, -0.05) is 75.1 Å². The molecule has 0 aliphatic carbocycles. The van der Waals surface area contributed by atoms with Crippen LogP contribution in [0, 0.1) is 11.8 Å². The summed E-state index contributed by atoms with van der Waals surface area (Å²) in [5.74, 6) is -1.86. The molecule has 4 aliphatic rings. The van der Waals surface area contributed by atoms with Crippen LogP contribution in [0.1, 0.15) is 51.9 Å². The van der Waals surface area contributed by atoms with Crippen LogP contribution in [0.25, 0.3) is 0 Å². The van der Waals surface area contributed by atoms with Crippen LogP contribution in [-0.4, -0.2) is 83.2 Å². The number of hydrogen-bond acceptors (Lipinski definition) is 5. The van der Waals surface area contributed by atoms with Crippen molar-refractivity contribution in [2.45, 2.75) is 69.6 Å². The Labute approximate surface area is 231 Å². The molecule has 1 N–H and O–H groups in total. The SMILES string of the molecule is CCCCCN1CC=C[C@]23O[C@H]4C=CCN(c5ccccc5)C(=O)[C@H]4[C@H]2C(=O)N(CCCCCCO)C3C1=O. The number of para-hydroxylation sites is 1. The molecule has 1 spiro atoms. The molecule has 0 bridgehead atoms. The van der Waals surface area contributed by atoms with Crippen LogP contribution in [-0.2, 0) is 19.1 Å². The minimum Gasteiger partial charge on any atom is -0.396 e. The van der Waals surface area contributed by atoms with E-state index in [-0.39, 0.29) is 24.3 Å². The van der Waals surface area contributed by atoms with E-state index in [1.54, 1.807) is 9.80 Å². The van der Waals surface area contributed by atoms with Gasteiger partial charge >= 0.3 is 0 Å². The van der Waals surface area contributed by atoms with E-state index in [2.05, 4.69) is 6.92 Å². The van der Waals surface area contributed by atoms with Gasteiger partial charge in [-0.3, -0.25) is 14.4 Å². The van der Waals surface area contributed by atoms with Crippen LogP contribution in [0.5, 0.6) is 0 Å². The van der Waals surface area contributed by atoms with E-state index in [1.165, 1.54) is 0 Å². The van der Waals surface area contributed by atoms with E-state index in [0.29, 0.717) is 26.2 Å². The second kappa shape index (κ2) is 12.0. The molecule has 39 heavy (non-hydrogen) atoms. The van der Waals surface area contributed by atoms with Crippen LogP contribution in [0.15, 0.2) is 54.6 Å². The number of carbonyl (C=O) groups is 3. The zero-order valence-electron chi connectivity index (χ0n) is 22.9. The molecule has 210 valence electrons. The van der Waals surface area contributed by atoms with Gasteiger partial charge in [0, 0.05) is 38.5 Å². The van der Waals surface area contributed by atoms with Crippen molar-refractivity contribution >= 4 is 23.4 Å². The summed E-state index contributed by atoms with van der Waals surface area (Å²) in [6.07, 6.45) is 13.3. The van der Waals surface area contributed by atoms with Crippen molar-refractivity contribution in [2.24, 2.45) is 11.8 Å². The third kappa shape index (κ3) is 5.05. The molecule has 8 heteroatoms. The van der Waals surface area contributed by atoms with Crippen molar-refractivity contribution in [3.63, 3.8) is 0 Å². The molecule has 5 rings (SSSR count). The maximum atomic E-state index is 14.3. The topological polar surface area (TPSA) is 90.4 Å². The zero-order chi connectivity index (χ0) is 27.4. The van der Waals surface area contributed by atoms with Gasteiger partial charge in [0.05, 0.1) is 17.9 Å². The lowest BCUT2D eigenvalue weighted by molar-refractivity contribution is -0.147. The fraction of sp³-hybridized carbons (Fsp3) is 0.581. The lowest BCUT2D eigenvalue weighted by Gasteiger charge is -2.35. The van der Waals surface area contributed by atoms with Gasteiger partial charge in [0.1, 0.15) is 11.6 Å². The Balaban J connectivity index is 1.49. The number of fused-ring (bicyclic) bond motifs is 2.